The second-order valence-corrected chi connectivity index (χ2v) is 7.87. The fourth-order valence-corrected chi connectivity index (χ4v) is 3.74. The van der Waals surface area contributed by atoms with Gasteiger partial charge in [-0.3, -0.25) is 9.10 Å². The molecular weight excluding hydrogens is 348 g/mol. The van der Waals surface area contributed by atoms with Crippen molar-refractivity contribution in [2.24, 2.45) is 0 Å². The van der Waals surface area contributed by atoms with Crippen LogP contribution in [0.15, 0.2) is 48.5 Å². The number of aryl methyl sites for hydroxylation is 1. The van der Waals surface area contributed by atoms with Gasteiger partial charge in [0, 0.05) is 10.7 Å². The molecule has 0 aliphatic carbocycles. The maximum absolute atomic E-state index is 12.5. The summed E-state index contributed by atoms with van der Waals surface area (Å²) < 4.78 is 25.5. The highest BCUT2D eigenvalue weighted by Crippen LogP contribution is 2.24. The number of hydrogen-bond acceptors (Lipinski definition) is 3. The Balaban J connectivity index is 2.31. The van der Waals surface area contributed by atoms with Gasteiger partial charge in [-0.1, -0.05) is 29.8 Å². The number of carbonyl (C=O) groups excluding carboxylic acids is 1. The summed E-state index contributed by atoms with van der Waals surface area (Å²) in [6, 6.07) is 12.8. The number of sulfonamides is 1. The van der Waals surface area contributed by atoms with Gasteiger partial charge in [-0.05, 0) is 49.7 Å². The summed E-state index contributed by atoms with van der Waals surface area (Å²) in [6.07, 6.45) is 1.06. The second-order valence-electron chi connectivity index (χ2n) is 5.57. The minimum atomic E-state index is -3.67. The van der Waals surface area contributed by atoms with Crippen molar-refractivity contribution in [1.82, 2.24) is 0 Å². The Bertz CT molecular complexity index is 852. The molecule has 0 bridgehead atoms. The second kappa shape index (κ2) is 7.23. The Kier molecular flexibility index (Phi) is 5.51. The van der Waals surface area contributed by atoms with Gasteiger partial charge in [0.1, 0.15) is 6.04 Å². The van der Waals surface area contributed by atoms with Gasteiger partial charge in [-0.2, -0.15) is 0 Å². The monoisotopic (exact) mass is 366 g/mol. The van der Waals surface area contributed by atoms with E-state index >= 15 is 0 Å². The first-order valence-electron chi connectivity index (χ1n) is 7.31. The molecule has 2 rings (SSSR count). The number of anilines is 2. The molecule has 0 aliphatic rings. The van der Waals surface area contributed by atoms with Gasteiger partial charge in [0.25, 0.3) is 0 Å². The van der Waals surface area contributed by atoms with Crippen LogP contribution in [-0.4, -0.2) is 26.6 Å². The molecule has 1 N–H and O–H groups in total. The van der Waals surface area contributed by atoms with Crippen LogP contribution in [0.2, 0.25) is 5.02 Å². The highest BCUT2D eigenvalue weighted by Gasteiger charge is 2.29. The van der Waals surface area contributed by atoms with E-state index in [4.69, 9.17) is 11.6 Å². The van der Waals surface area contributed by atoms with Crippen molar-refractivity contribution in [3.63, 3.8) is 0 Å². The first-order valence-corrected chi connectivity index (χ1v) is 9.53. The molecule has 0 aliphatic heterocycles. The smallest absolute Gasteiger partial charge is 0.247 e. The number of rotatable bonds is 5. The summed E-state index contributed by atoms with van der Waals surface area (Å²) in [5, 5.41) is 3.14. The Morgan fingerprint density at radius 1 is 1.17 bits per heavy atom. The molecule has 0 saturated carbocycles. The number of halogens is 1. The maximum Gasteiger partial charge on any atom is 0.247 e. The number of nitrogens with one attached hydrogen (secondary N) is 1. The summed E-state index contributed by atoms with van der Waals surface area (Å²) in [4.78, 5) is 12.5. The molecule has 0 fully saturated rings. The third kappa shape index (κ3) is 4.49. The fraction of sp³-hybridized carbons (Fsp3) is 0.235. The SMILES string of the molecule is Cc1cccc(NC(=O)C(C)N(c2cccc(Cl)c2)S(C)(=O)=O)c1. The van der Waals surface area contributed by atoms with E-state index in [1.165, 1.54) is 13.0 Å². The molecule has 0 saturated heterocycles. The van der Waals surface area contributed by atoms with Gasteiger partial charge in [0.05, 0.1) is 11.9 Å². The molecule has 0 radical (unpaired) electrons. The van der Waals surface area contributed by atoms with Crippen molar-refractivity contribution in [2.75, 3.05) is 15.9 Å². The Labute approximate surface area is 147 Å². The van der Waals surface area contributed by atoms with E-state index in [1.54, 1.807) is 24.3 Å². The molecule has 7 heteroatoms. The largest absolute Gasteiger partial charge is 0.324 e. The number of carbonyl (C=O) groups is 1. The summed E-state index contributed by atoms with van der Waals surface area (Å²) >= 11 is 5.95. The quantitative estimate of drug-likeness (QED) is 0.881. The van der Waals surface area contributed by atoms with Crippen molar-refractivity contribution >= 4 is 38.9 Å². The summed E-state index contributed by atoms with van der Waals surface area (Å²) in [7, 11) is -3.67. The van der Waals surface area contributed by atoms with Crippen LogP contribution in [-0.2, 0) is 14.8 Å². The molecule has 2 aromatic rings. The average molecular weight is 367 g/mol. The van der Waals surface area contributed by atoms with Crippen molar-refractivity contribution in [3.05, 3.63) is 59.1 Å². The predicted molar refractivity (Wildman–Crippen MR) is 98.0 cm³/mol. The summed E-state index contributed by atoms with van der Waals surface area (Å²) in [5.74, 6) is -0.425. The third-order valence-corrected chi connectivity index (χ3v) is 4.91. The molecule has 5 nitrogen and oxygen atoms in total. The lowest BCUT2D eigenvalue weighted by atomic mass is 10.2. The Morgan fingerprint density at radius 3 is 2.42 bits per heavy atom. The third-order valence-electron chi connectivity index (χ3n) is 3.44. The van der Waals surface area contributed by atoms with Gasteiger partial charge >= 0.3 is 0 Å². The highest BCUT2D eigenvalue weighted by atomic mass is 35.5. The van der Waals surface area contributed by atoms with Crippen molar-refractivity contribution in [2.45, 2.75) is 19.9 Å². The van der Waals surface area contributed by atoms with E-state index in [0.717, 1.165) is 16.1 Å². The standard InChI is InChI=1S/C17H19ClN2O3S/c1-12-6-4-8-15(10-12)19-17(21)13(2)20(24(3,22)23)16-9-5-7-14(18)11-16/h4-11,13H,1-3H3,(H,19,21). The first kappa shape index (κ1) is 18.3. The average Bonchev–Trinajstić information content (AvgIpc) is 2.46. The zero-order valence-electron chi connectivity index (χ0n) is 13.7. The van der Waals surface area contributed by atoms with E-state index in [2.05, 4.69) is 5.32 Å². The van der Waals surface area contributed by atoms with Crippen LogP contribution < -0.4 is 9.62 Å². The predicted octanol–water partition coefficient (Wildman–Crippen LogP) is 3.44. The molecule has 0 heterocycles. The van der Waals surface area contributed by atoms with Crippen molar-refractivity contribution < 1.29 is 13.2 Å². The van der Waals surface area contributed by atoms with E-state index in [0.29, 0.717) is 16.4 Å². The van der Waals surface area contributed by atoms with E-state index in [-0.39, 0.29) is 0 Å². The molecule has 2 aromatic carbocycles. The summed E-state index contributed by atoms with van der Waals surface area (Å²) in [5.41, 5.74) is 1.96. The minimum absolute atomic E-state index is 0.344. The van der Waals surface area contributed by atoms with Crippen LogP contribution in [0.4, 0.5) is 11.4 Å². The molecule has 0 spiro atoms. The lowest BCUT2D eigenvalue weighted by Crippen LogP contribution is -2.45. The summed E-state index contributed by atoms with van der Waals surface area (Å²) in [6.45, 7) is 3.45. The molecule has 128 valence electrons. The molecule has 0 aromatic heterocycles. The lowest BCUT2D eigenvalue weighted by Gasteiger charge is -2.28. The topological polar surface area (TPSA) is 66.5 Å². The molecule has 1 atom stereocenters. The van der Waals surface area contributed by atoms with Gasteiger partial charge in [0.2, 0.25) is 15.9 Å². The highest BCUT2D eigenvalue weighted by molar-refractivity contribution is 7.92. The fourth-order valence-electron chi connectivity index (χ4n) is 2.39. The Morgan fingerprint density at radius 2 is 1.83 bits per heavy atom. The number of hydrogen-bond donors (Lipinski definition) is 1. The number of amides is 1. The van der Waals surface area contributed by atoms with Gasteiger partial charge in [-0.25, -0.2) is 8.42 Å². The zero-order valence-corrected chi connectivity index (χ0v) is 15.2. The van der Waals surface area contributed by atoms with Gasteiger partial charge < -0.3 is 5.32 Å². The maximum atomic E-state index is 12.5. The van der Waals surface area contributed by atoms with Crippen LogP contribution in [0, 0.1) is 6.92 Å². The van der Waals surface area contributed by atoms with Crippen LogP contribution in [0.1, 0.15) is 12.5 Å². The van der Waals surface area contributed by atoms with Crippen molar-refractivity contribution in [1.29, 1.82) is 0 Å². The van der Waals surface area contributed by atoms with E-state index in [1.807, 2.05) is 25.1 Å². The molecule has 24 heavy (non-hydrogen) atoms. The Hall–Kier alpha value is -2.05. The van der Waals surface area contributed by atoms with Crippen molar-refractivity contribution in [3.8, 4) is 0 Å². The molecule has 1 unspecified atom stereocenters. The normalized spacial score (nSPS) is 12.5. The number of nitrogens with zero attached hydrogens (tertiary/aromatic N) is 1. The van der Waals surface area contributed by atoms with E-state index < -0.39 is 22.0 Å². The van der Waals surface area contributed by atoms with Crippen LogP contribution in [0.3, 0.4) is 0 Å². The van der Waals surface area contributed by atoms with Crippen LogP contribution in [0.25, 0.3) is 0 Å². The lowest BCUT2D eigenvalue weighted by molar-refractivity contribution is -0.116. The zero-order chi connectivity index (χ0) is 17.9. The van der Waals surface area contributed by atoms with Gasteiger partial charge in [0.15, 0.2) is 0 Å². The molecule has 1 amide bonds. The van der Waals surface area contributed by atoms with Crippen LogP contribution >= 0.6 is 11.6 Å². The van der Waals surface area contributed by atoms with E-state index in [9.17, 15) is 13.2 Å². The minimum Gasteiger partial charge on any atom is -0.324 e. The van der Waals surface area contributed by atoms with Crippen LogP contribution in [0.5, 0.6) is 0 Å². The van der Waals surface area contributed by atoms with Gasteiger partial charge in [-0.15, -0.1) is 0 Å². The first-order chi connectivity index (χ1) is 11.2. The number of benzene rings is 2. The molecular formula is C17H19ClN2O3S.